The highest BCUT2D eigenvalue weighted by Crippen LogP contribution is 2.32. The molecule has 3 amide bonds. The van der Waals surface area contributed by atoms with Crippen LogP contribution in [0.4, 0.5) is 11.4 Å². The SMILES string of the molecule is CCC(Sc1cccc(NC(=O)/C(=C\c2cc(OC)ccc2OC)NC(=O)c2ccccc2)c1)C(=O)Nc1ccc(OC)cc1OC. The molecule has 4 aromatic rings. The van der Waals surface area contributed by atoms with Gasteiger partial charge >= 0.3 is 0 Å². The van der Waals surface area contributed by atoms with Gasteiger partial charge in [-0.2, -0.15) is 0 Å². The molecule has 0 saturated heterocycles. The second-order valence-corrected chi connectivity index (χ2v) is 11.3. The van der Waals surface area contributed by atoms with E-state index in [1.54, 1.807) is 92.0 Å². The van der Waals surface area contributed by atoms with Crippen LogP contribution in [-0.4, -0.2) is 51.4 Å². The van der Waals surface area contributed by atoms with Crippen LogP contribution in [0.2, 0.25) is 0 Å². The normalized spacial score (nSPS) is 11.6. The number of nitrogens with one attached hydrogen (secondary N) is 3. The molecule has 0 spiro atoms. The minimum absolute atomic E-state index is 0.0114. The van der Waals surface area contributed by atoms with Gasteiger partial charge in [-0.1, -0.05) is 31.2 Å². The van der Waals surface area contributed by atoms with Crippen LogP contribution in [0, 0.1) is 0 Å². The van der Waals surface area contributed by atoms with Gasteiger partial charge in [-0.05, 0) is 73.2 Å². The third-order valence-electron chi connectivity index (χ3n) is 6.97. The molecule has 0 aliphatic rings. The van der Waals surface area contributed by atoms with Crippen LogP contribution >= 0.6 is 11.8 Å². The lowest BCUT2D eigenvalue weighted by Gasteiger charge is -2.17. The highest BCUT2D eigenvalue weighted by atomic mass is 32.2. The number of amides is 3. The van der Waals surface area contributed by atoms with Gasteiger partial charge in [0.1, 0.15) is 28.7 Å². The first-order valence-electron chi connectivity index (χ1n) is 14.7. The standard InChI is InChI=1S/C36H37N3O7S/c1-6-33(36(42)38-29-17-15-27(44-3)22-32(29)46-5)47-28-14-10-13-25(21-28)37-35(41)30(39-34(40)23-11-8-7-9-12-23)20-24-19-26(43-2)16-18-31(24)45-4/h7-22,33H,6H2,1-5H3,(H,37,41)(H,38,42)(H,39,40)/b30-20+. The number of hydrogen-bond donors (Lipinski definition) is 3. The van der Waals surface area contributed by atoms with E-state index in [1.165, 1.54) is 39.2 Å². The molecule has 0 radical (unpaired) electrons. The van der Waals surface area contributed by atoms with E-state index < -0.39 is 17.1 Å². The summed E-state index contributed by atoms with van der Waals surface area (Å²) in [5, 5.41) is 8.12. The van der Waals surface area contributed by atoms with E-state index in [-0.39, 0.29) is 11.6 Å². The molecule has 244 valence electrons. The maximum atomic E-state index is 13.7. The molecule has 10 nitrogen and oxygen atoms in total. The van der Waals surface area contributed by atoms with E-state index in [2.05, 4.69) is 16.0 Å². The number of ether oxygens (including phenoxy) is 4. The van der Waals surface area contributed by atoms with Crippen molar-refractivity contribution in [2.45, 2.75) is 23.5 Å². The molecule has 3 N–H and O–H groups in total. The zero-order valence-corrected chi connectivity index (χ0v) is 27.6. The quantitative estimate of drug-likeness (QED) is 0.102. The zero-order chi connectivity index (χ0) is 33.8. The summed E-state index contributed by atoms with van der Waals surface area (Å²) in [4.78, 5) is 40.8. The third-order valence-corrected chi connectivity index (χ3v) is 8.32. The Balaban J connectivity index is 1.55. The third kappa shape index (κ3) is 9.30. The number of carbonyl (C=O) groups excluding carboxylic acids is 3. The van der Waals surface area contributed by atoms with Crippen molar-refractivity contribution in [3.8, 4) is 23.0 Å². The molecule has 0 aromatic heterocycles. The molecule has 4 aromatic carbocycles. The van der Waals surface area contributed by atoms with Crippen molar-refractivity contribution in [1.29, 1.82) is 0 Å². The Labute approximate surface area is 278 Å². The van der Waals surface area contributed by atoms with Gasteiger partial charge in [0.15, 0.2) is 0 Å². The Morgan fingerprint density at radius 2 is 1.45 bits per heavy atom. The first kappa shape index (κ1) is 34.5. The Bertz CT molecular complexity index is 1740. The van der Waals surface area contributed by atoms with Crippen LogP contribution in [0.25, 0.3) is 6.08 Å². The lowest BCUT2D eigenvalue weighted by atomic mass is 10.1. The molecular formula is C36H37N3O7S. The van der Waals surface area contributed by atoms with Crippen molar-refractivity contribution in [2.24, 2.45) is 0 Å². The van der Waals surface area contributed by atoms with Crippen LogP contribution in [0.1, 0.15) is 29.3 Å². The minimum atomic E-state index is -0.558. The van der Waals surface area contributed by atoms with Crippen molar-refractivity contribution in [3.05, 3.63) is 108 Å². The molecule has 4 rings (SSSR count). The highest BCUT2D eigenvalue weighted by molar-refractivity contribution is 8.00. The van der Waals surface area contributed by atoms with Crippen molar-refractivity contribution >= 4 is 46.9 Å². The monoisotopic (exact) mass is 655 g/mol. The molecule has 1 unspecified atom stereocenters. The zero-order valence-electron chi connectivity index (χ0n) is 26.8. The Morgan fingerprint density at radius 1 is 0.745 bits per heavy atom. The van der Waals surface area contributed by atoms with Gasteiger partial charge in [0.25, 0.3) is 11.8 Å². The van der Waals surface area contributed by atoms with Crippen molar-refractivity contribution in [3.63, 3.8) is 0 Å². The summed E-state index contributed by atoms with van der Waals surface area (Å²) in [6.07, 6.45) is 2.08. The van der Waals surface area contributed by atoms with Gasteiger partial charge in [0, 0.05) is 27.8 Å². The maximum absolute atomic E-state index is 13.7. The smallest absolute Gasteiger partial charge is 0.272 e. The van der Waals surface area contributed by atoms with Gasteiger partial charge in [-0.3, -0.25) is 14.4 Å². The Kier molecular flexibility index (Phi) is 12.3. The summed E-state index contributed by atoms with van der Waals surface area (Å²) in [5.41, 5.74) is 1.91. The van der Waals surface area contributed by atoms with Crippen LogP contribution < -0.4 is 34.9 Å². The summed E-state index contributed by atoms with van der Waals surface area (Å²) in [6.45, 7) is 1.92. The van der Waals surface area contributed by atoms with Gasteiger partial charge in [-0.15, -0.1) is 11.8 Å². The van der Waals surface area contributed by atoms with Crippen LogP contribution in [-0.2, 0) is 9.59 Å². The summed E-state index contributed by atoms with van der Waals surface area (Å²) < 4.78 is 21.5. The predicted octanol–water partition coefficient (Wildman–Crippen LogP) is 6.64. The fraction of sp³-hybridized carbons (Fsp3) is 0.194. The number of hydrogen-bond acceptors (Lipinski definition) is 8. The second kappa shape index (κ2) is 16.8. The van der Waals surface area contributed by atoms with E-state index in [0.717, 1.165) is 4.90 Å². The van der Waals surface area contributed by atoms with Crippen molar-refractivity contribution in [2.75, 3.05) is 39.1 Å². The molecule has 0 aliphatic heterocycles. The van der Waals surface area contributed by atoms with E-state index in [4.69, 9.17) is 18.9 Å². The second-order valence-electron chi connectivity index (χ2n) is 10.0. The molecule has 0 heterocycles. The molecule has 47 heavy (non-hydrogen) atoms. The molecule has 1 atom stereocenters. The summed E-state index contributed by atoms with van der Waals surface area (Å²) >= 11 is 1.36. The van der Waals surface area contributed by atoms with Gasteiger partial charge in [-0.25, -0.2) is 0 Å². The summed E-state index contributed by atoms with van der Waals surface area (Å²) in [6, 6.07) is 26.1. The molecule has 11 heteroatoms. The van der Waals surface area contributed by atoms with Crippen LogP contribution in [0.15, 0.2) is 102 Å². The van der Waals surface area contributed by atoms with Crippen molar-refractivity contribution in [1.82, 2.24) is 5.32 Å². The fourth-order valence-electron chi connectivity index (χ4n) is 4.50. The number of methoxy groups -OCH3 is 4. The highest BCUT2D eigenvalue weighted by Gasteiger charge is 2.21. The lowest BCUT2D eigenvalue weighted by molar-refractivity contribution is -0.116. The Morgan fingerprint density at radius 3 is 2.13 bits per heavy atom. The van der Waals surface area contributed by atoms with E-state index >= 15 is 0 Å². The van der Waals surface area contributed by atoms with E-state index in [9.17, 15) is 14.4 Å². The number of anilines is 2. The summed E-state index contributed by atoms with van der Waals surface area (Å²) in [7, 11) is 6.13. The van der Waals surface area contributed by atoms with Crippen LogP contribution in [0.3, 0.4) is 0 Å². The van der Waals surface area contributed by atoms with Gasteiger partial charge in [0.05, 0.1) is 39.4 Å². The molecule has 0 fully saturated rings. The number of thioether (sulfide) groups is 1. The average molecular weight is 656 g/mol. The molecular weight excluding hydrogens is 618 g/mol. The lowest BCUT2D eigenvalue weighted by Crippen LogP contribution is -2.30. The first-order valence-corrected chi connectivity index (χ1v) is 15.6. The number of benzene rings is 4. The topological polar surface area (TPSA) is 124 Å². The molecule has 0 bridgehead atoms. The van der Waals surface area contributed by atoms with Crippen molar-refractivity contribution < 1.29 is 33.3 Å². The van der Waals surface area contributed by atoms with Gasteiger partial charge < -0.3 is 34.9 Å². The Hall–Kier alpha value is -5.42. The first-order chi connectivity index (χ1) is 22.8. The summed E-state index contributed by atoms with van der Waals surface area (Å²) in [5.74, 6) is 0.922. The predicted molar refractivity (Wildman–Crippen MR) is 185 cm³/mol. The minimum Gasteiger partial charge on any atom is -0.497 e. The maximum Gasteiger partial charge on any atom is 0.272 e. The number of carbonyl (C=O) groups is 3. The van der Waals surface area contributed by atoms with E-state index in [1.807, 2.05) is 13.0 Å². The average Bonchev–Trinajstić information content (AvgIpc) is 3.10. The largest absolute Gasteiger partial charge is 0.497 e. The number of rotatable bonds is 14. The van der Waals surface area contributed by atoms with Crippen LogP contribution in [0.5, 0.6) is 23.0 Å². The fourth-order valence-corrected chi connectivity index (χ4v) is 5.51. The molecule has 0 saturated carbocycles. The molecule has 0 aliphatic carbocycles. The van der Waals surface area contributed by atoms with Gasteiger partial charge in [0.2, 0.25) is 5.91 Å². The van der Waals surface area contributed by atoms with E-state index in [0.29, 0.717) is 51.9 Å².